The lowest BCUT2D eigenvalue weighted by Gasteiger charge is -2.11. The second-order valence-electron chi connectivity index (χ2n) is 6.61. The van der Waals surface area contributed by atoms with Gasteiger partial charge in [-0.1, -0.05) is 48.5 Å². The molecule has 3 amide bonds. The molecule has 4 rings (SSSR count). The maximum atomic E-state index is 13.2. The summed E-state index contributed by atoms with van der Waals surface area (Å²) in [5.74, 6) is -0.391. The van der Waals surface area contributed by atoms with E-state index in [0.29, 0.717) is 0 Å². The first kappa shape index (κ1) is 19.5. The minimum absolute atomic E-state index is 0.00712. The van der Waals surface area contributed by atoms with Gasteiger partial charge < -0.3 is 9.73 Å². The predicted octanol–water partition coefficient (Wildman–Crippen LogP) is 5.06. The lowest BCUT2D eigenvalue weighted by molar-refractivity contribution is -0.137. The van der Waals surface area contributed by atoms with Crippen molar-refractivity contribution in [3.63, 3.8) is 0 Å². The topological polar surface area (TPSA) is 62.6 Å². The van der Waals surface area contributed by atoms with Crippen molar-refractivity contribution in [3.8, 4) is 11.3 Å². The molecule has 1 aliphatic rings. The van der Waals surface area contributed by atoms with Gasteiger partial charge in [0.2, 0.25) is 0 Å². The second kappa shape index (κ2) is 7.55. The first-order valence-electron chi connectivity index (χ1n) is 8.98. The zero-order valence-electron chi connectivity index (χ0n) is 15.4. The summed E-state index contributed by atoms with van der Waals surface area (Å²) >= 11 is 0. The Balaban J connectivity index is 1.58. The fourth-order valence-corrected chi connectivity index (χ4v) is 3.14. The fraction of sp³-hybridized carbons (Fsp3) is 0.0909. The van der Waals surface area contributed by atoms with Crippen LogP contribution in [0.3, 0.4) is 0 Å². The molecule has 0 aliphatic carbocycles. The van der Waals surface area contributed by atoms with E-state index in [1.54, 1.807) is 24.3 Å². The molecule has 0 atom stereocenters. The number of imide groups is 1. The molecule has 152 valence electrons. The first-order valence-corrected chi connectivity index (χ1v) is 8.98. The molecule has 2 aromatic carbocycles. The molecule has 5 nitrogen and oxygen atoms in total. The van der Waals surface area contributed by atoms with Gasteiger partial charge in [0.15, 0.2) is 0 Å². The Morgan fingerprint density at radius 3 is 2.37 bits per heavy atom. The molecule has 1 aromatic heterocycles. The van der Waals surface area contributed by atoms with Crippen molar-refractivity contribution in [2.45, 2.75) is 12.7 Å². The van der Waals surface area contributed by atoms with E-state index < -0.39 is 23.7 Å². The molecule has 0 spiro atoms. The summed E-state index contributed by atoms with van der Waals surface area (Å²) in [4.78, 5) is 25.8. The van der Waals surface area contributed by atoms with Crippen LogP contribution in [0.4, 0.5) is 18.0 Å². The Morgan fingerprint density at radius 1 is 0.933 bits per heavy atom. The van der Waals surface area contributed by atoms with Crippen LogP contribution < -0.4 is 5.32 Å². The van der Waals surface area contributed by atoms with Crippen LogP contribution in [0.1, 0.15) is 16.9 Å². The highest BCUT2D eigenvalue weighted by atomic mass is 19.4. The smallest absolute Gasteiger partial charge is 0.417 e. The second-order valence-corrected chi connectivity index (χ2v) is 6.61. The quantitative estimate of drug-likeness (QED) is 0.481. The zero-order valence-corrected chi connectivity index (χ0v) is 15.4. The summed E-state index contributed by atoms with van der Waals surface area (Å²) in [7, 11) is 0. The number of rotatable bonds is 4. The van der Waals surface area contributed by atoms with Crippen LogP contribution in [-0.2, 0) is 17.5 Å². The van der Waals surface area contributed by atoms with Crippen molar-refractivity contribution in [1.82, 2.24) is 10.2 Å². The lowest BCUT2D eigenvalue weighted by atomic mass is 10.1. The average Bonchev–Trinajstić information content (AvgIpc) is 3.29. The zero-order chi connectivity index (χ0) is 21.3. The molecule has 0 bridgehead atoms. The largest absolute Gasteiger partial charge is 0.457 e. The van der Waals surface area contributed by atoms with E-state index in [1.807, 2.05) is 6.07 Å². The summed E-state index contributed by atoms with van der Waals surface area (Å²) in [5.41, 5.74) is -0.160. The number of halogens is 3. The summed E-state index contributed by atoms with van der Waals surface area (Å²) in [5, 5.41) is 2.47. The molecule has 8 heteroatoms. The van der Waals surface area contributed by atoms with E-state index >= 15 is 0 Å². The number of alkyl halides is 3. The minimum atomic E-state index is -4.53. The number of nitrogens with one attached hydrogen (secondary N) is 1. The molecule has 1 saturated heterocycles. The predicted molar refractivity (Wildman–Crippen MR) is 103 cm³/mol. The normalized spacial score (nSPS) is 15.7. The Morgan fingerprint density at radius 2 is 1.63 bits per heavy atom. The van der Waals surface area contributed by atoms with Gasteiger partial charge in [-0.25, -0.2) is 4.79 Å². The van der Waals surface area contributed by atoms with Gasteiger partial charge in [0.1, 0.15) is 17.2 Å². The van der Waals surface area contributed by atoms with E-state index in [2.05, 4.69) is 5.32 Å². The summed E-state index contributed by atoms with van der Waals surface area (Å²) < 4.78 is 45.2. The number of furan rings is 1. The fourth-order valence-electron chi connectivity index (χ4n) is 3.14. The van der Waals surface area contributed by atoms with Crippen molar-refractivity contribution >= 4 is 18.0 Å². The van der Waals surface area contributed by atoms with Crippen molar-refractivity contribution in [2.24, 2.45) is 0 Å². The Hall–Kier alpha value is -3.81. The van der Waals surface area contributed by atoms with Gasteiger partial charge >= 0.3 is 12.2 Å². The number of hydrogen-bond acceptors (Lipinski definition) is 3. The molecule has 1 fully saturated rings. The summed E-state index contributed by atoms with van der Waals surface area (Å²) in [6.07, 6.45) is -3.24. The van der Waals surface area contributed by atoms with Gasteiger partial charge in [0.05, 0.1) is 12.1 Å². The van der Waals surface area contributed by atoms with Crippen molar-refractivity contribution in [3.05, 3.63) is 89.3 Å². The summed E-state index contributed by atoms with van der Waals surface area (Å²) in [6, 6.07) is 16.3. The third-order valence-corrected chi connectivity index (χ3v) is 4.56. The third kappa shape index (κ3) is 3.84. The third-order valence-electron chi connectivity index (χ3n) is 4.56. The number of carbonyl (C=O) groups is 2. The van der Waals surface area contributed by atoms with Crippen LogP contribution in [0.2, 0.25) is 0 Å². The van der Waals surface area contributed by atoms with Crippen LogP contribution in [0.25, 0.3) is 17.4 Å². The number of benzene rings is 2. The van der Waals surface area contributed by atoms with E-state index in [1.165, 1.54) is 36.4 Å². The van der Waals surface area contributed by atoms with Gasteiger partial charge in [-0.15, -0.1) is 0 Å². The monoisotopic (exact) mass is 412 g/mol. The Kier molecular flexibility index (Phi) is 4.91. The maximum absolute atomic E-state index is 13.2. The average molecular weight is 412 g/mol. The number of carbonyl (C=O) groups excluding carboxylic acids is 2. The van der Waals surface area contributed by atoms with Crippen molar-refractivity contribution in [2.75, 3.05) is 0 Å². The van der Waals surface area contributed by atoms with E-state index in [4.69, 9.17) is 4.42 Å². The number of nitrogens with zero attached hydrogens (tertiary/aromatic N) is 1. The minimum Gasteiger partial charge on any atom is -0.457 e. The molecule has 1 aliphatic heterocycles. The molecule has 0 unspecified atom stereocenters. The van der Waals surface area contributed by atoms with Crippen molar-refractivity contribution in [1.29, 1.82) is 0 Å². The molecule has 1 N–H and O–H groups in total. The lowest BCUT2D eigenvalue weighted by Crippen LogP contribution is -2.30. The summed E-state index contributed by atoms with van der Waals surface area (Å²) in [6.45, 7) is 0.102. The highest BCUT2D eigenvalue weighted by molar-refractivity contribution is 6.13. The SMILES string of the molecule is O=C1N/C(=C/c2ccc(-c3ccccc3C(F)(F)F)o2)C(=O)N1Cc1ccccc1. The van der Waals surface area contributed by atoms with Crippen LogP contribution in [0.15, 0.2) is 76.8 Å². The maximum Gasteiger partial charge on any atom is 0.417 e. The van der Waals surface area contributed by atoms with E-state index in [9.17, 15) is 22.8 Å². The van der Waals surface area contributed by atoms with Gasteiger partial charge in [-0.3, -0.25) is 9.69 Å². The van der Waals surface area contributed by atoms with Crippen LogP contribution in [0, 0.1) is 0 Å². The Labute approximate surface area is 169 Å². The number of amides is 3. The molecule has 0 radical (unpaired) electrons. The molecule has 2 heterocycles. The van der Waals surface area contributed by atoms with Crippen LogP contribution in [-0.4, -0.2) is 16.8 Å². The first-order chi connectivity index (χ1) is 14.3. The number of hydrogen-bond donors (Lipinski definition) is 1. The Bertz CT molecular complexity index is 1130. The molecular weight excluding hydrogens is 397 g/mol. The van der Waals surface area contributed by atoms with Crippen molar-refractivity contribution < 1.29 is 27.2 Å². The van der Waals surface area contributed by atoms with Gasteiger partial charge in [0, 0.05) is 11.6 Å². The molecule has 3 aromatic rings. The van der Waals surface area contributed by atoms with Gasteiger partial charge in [0.25, 0.3) is 5.91 Å². The molecule has 0 saturated carbocycles. The van der Waals surface area contributed by atoms with E-state index in [0.717, 1.165) is 16.5 Å². The molecular formula is C22H15F3N2O3. The van der Waals surface area contributed by atoms with Crippen LogP contribution >= 0.6 is 0 Å². The molecule has 30 heavy (non-hydrogen) atoms. The highest BCUT2D eigenvalue weighted by Gasteiger charge is 2.35. The van der Waals surface area contributed by atoms with Crippen LogP contribution in [0.5, 0.6) is 0 Å². The number of urea groups is 1. The highest BCUT2D eigenvalue weighted by Crippen LogP contribution is 2.37. The van der Waals surface area contributed by atoms with Gasteiger partial charge in [-0.05, 0) is 23.8 Å². The standard InChI is InChI=1S/C22H15F3N2O3/c23-22(24,25)17-9-5-4-8-16(17)19-11-10-15(30-19)12-18-20(28)27(21(29)26-18)13-14-6-2-1-3-7-14/h1-12H,13H2,(H,26,29)/b18-12+. The van der Waals surface area contributed by atoms with E-state index in [-0.39, 0.29) is 29.3 Å². The van der Waals surface area contributed by atoms with Gasteiger partial charge in [-0.2, -0.15) is 13.2 Å².